The molecule has 2 aliphatic rings. The molecule has 1 aromatic heterocycles. The van der Waals surface area contributed by atoms with Crippen molar-refractivity contribution in [1.29, 1.82) is 0 Å². The topological polar surface area (TPSA) is 86.6 Å². The van der Waals surface area contributed by atoms with Crippen LogP contribution in [0.25, 0.3) is 0 Å². The summed E-state index contributed by atoms with van der Waals surface area (Å²) in [5.41, 5.74) is 0. The van der Waals surface area contributed by atoms with Gasteiger partial charge in [-0.05, 0) is 43.8 Å². The van der Waals surface area contributed by atoms with Crippen molar-refractivity contribution >= 4 is 23.4 Å². The van der Waals surface area contributed by atoms with Gasteiger partial charge in [-0.25, -0.2) is 0 Å². The minimum atomic E-state index is -0.721. The molecule has 8 heteroatoms. The van der Waals surface area contributed by atoms with Crippen molar-refractivity contribution in [2.75, 3.05) is 19.6 Å². The fourth-order valence-electron chi connectivity index (χ4n) is 3.31. The molecule has 1 N–H and O–H groups in total. The first-order valence-electron chi connectivity index (χ1n) is 7.22. The Morgan fingerprint density at radius 3 is 2.62 bits per heavy atom. The minimum absolute atomic E-state index is 0.0142. The molecule has 2 fully saturated rings. The molecule has 1 unspecified atom stereocenters. The summed E-state index contributed by atoms with van der Waals surface area (Å²) in [6.07, 6.45) is 4.85. The number of aliphatic carboxylic acids is 1. The molecule has 3 rings (SSSR count). The van der Waals surface area contributed by atoms with E-state index in [4.69, 9.17) is 0 Å². The molecule has 2 saturated heterocycles. The molecule has 114 valence electrons. The predicted molar refractivity (Wildman–Crippen MR) is 76.2 cm³/mol. The van der Waals surface area contributed by atoms with Crippen LogP contribution in [-0.4, -0.2) is 68.1 Å². The highest BCUT2D eigenvalue weighted by molar-refractivity contribution is 7.07. The molecule has 1 atom stereocenters. The van der Waals surface area contributed by atoms with Crippen molar-refractivity contribution in [1.82, 2.24) is 19.4 Å². The second kappa shape index (κ2) is 6.07. The first kappa shape index (κ1) is 14.4. The number of likely N-dealkylation sites (tertiary alicyclic amines) is 2. The Morgan fingerprint density at radius 2 is 2.00 bits per heavy atom. The lowest BCUT2D eigenvalue weighted by Gasteiger charge is -2.38. The molecule has 1 amide bonds. The molecule has 1 aromatic rings. The second-order valence-corrected chi connectivity index (χ2v) is 6.32. The van der Waals surface area contributed by atoms with Crippen LogP contribution in [0.2, 0.25) is 0 Å². The molecule has 0 spiro atoms. The van der Waals surface area contributed by atoms with Crippen molar-refractivity contribution < 1.29 is 14.7 Å². The maximum absolute atomic E-state index is 12.2. The summed E-state index contributed by atoms with van der Waals surface area (Å²) in [6.45, 7) is 2.20. The van der Waals surface area contributed by atoms with E-state index in [1.165, 1.54) is 6.20 Å². The number of amides is 1. The maximum Gasteiger partial charge on any atom is 0.320 e. The molecule has 0 bridgehead atoms. The average molecular weight is 310 g/mol. The highest BCUT2D eigenvalue weighted by Gasteiger charge is 2.37. The van der Waals surface area contributed by atoms with E-state index in [2.05, 4.69) is 14.5 Å². The van der Waals surface area contributed by atoms with E-state index in [1.54, 1.807) is 0 Å². The van der Waals surface area contributed by atoms with Crippen LogP contribution >= 0.6 is 11.5 Å². The smallest absolute Gasteiger partial charge is 0.320 e. The van der Waals surface area contributed by atoms with Gasteiger partial charge >= 0.3 is 5.97 Å². The van der Waals surface area contributed by atoms with E-state index < -0.39 is 5.97 Å². The number of hydrogen-bond acceptors (Lipinski definition) is 6. The summed E-state index contributed by atoms with van der Waals surface area (Å²) in [5, 5.41) is 13.0. The van der Waals surface area contributed by atoms with Gasteiger partial charge in [0.2, 0.25) is 0 Å². The molecule has 3 heterocycles. The molecule has 0 radical (unpaired) electrons. The fraction of sp³-hybridized carbons (Fsp3) is 0.692. The van der Waals surface area contributed by atoms with Gasteiger partial charge in [0, 0.05) is 19.1 Å². The molecule has 0 aromatic carbocycles. The highest BCUT2D eigenvalue weighted by atomic mass is 32.1. The Hall–Kier alpha value is -1.54. The van der Waals surface area contributed by atoms with E-state index in [1.807, 2.05) is 4.90 Å². The summed E-state index contributed by atoms with van der Waals surface area (Å²) < 4.78 is 3.72. The SMILES string of the molecule is O=C(O)C1CCCN1C1CCN(C(=O)c2cnns2)CC1. The summed E-state index contributed by atoms with van der Waals surface area (Å²) >= 11 is 1.11. The number of piperidine rings is 1. The number of carbonyl (C=O) groups excluding carboxylic acids is 1. The van der Waals surface area contributed by atoms with Crippen molar-refractivity contribution in [2.24, 2.45) is 0 Å². The first-order chi connectivity index (χ1) is 10.2. The quantitative estimate of drug-likeness (QED) is 0.884. The van der Waals surface area contributed by atoms with E-state index >= 15 is 0 Å². The van der Waals surface area contributed by atoms with E-state index in [0.29, 0.717) is 18.0 Å². The Bertz CT molecular complexity index is 513. The monoisotopic (exact) mass is 310 g/mol. The third-order valence-corrected chi connectivity index (χ3v) is 5.02. The van der Waals surface area contributed by atoms with Crippen LogP contribution in [-0.2, 0) is 4.79 Å². The Morgan fingerprint density at radius 1 is 1.24 bits per heavy atom. The lowest BCUT2D eigenvalue weighted by Crippen LogP contribution is -2.49. The van der Waals surface area contributed by atoms with Crippen LogP contribution in [0.1, 0.15) is 35.4 Å². The van der Waals surface area contributed by atoms with Gasteiger partial charge < -0.3 is 10.0 Å². The van der Waals surface area contributed by atoms with Crippen LogP contribution in [0.3, 0.4) is 0 Å². The molecule has 7 nitrogen and oxygen atoms in total. The summed E-state index contributed by atoms with van der Waals surface area (Å²) in [7, 11) is 0. The molecule has 2 aliphatic heterocycles. The largest absolute Gasteiger partial charge is 0.480 e. The highest BCUT2D eigenvalue weighted by Crippen LogP contribution is 2.26. The lowest BCUT2D eigenvalue weighted by molar-refractivity contribution is -0.143. The number of aromatic nitrogens is 2. The van der Waals surface area contributed by atoms with Gasteiger partial charge in [-0.2, -0.15) is 0 Å². The normalized spacial score (nSPS) is 24.4. The Balaban J connectivity index is 1.58. The van der Waals surface area contributed by atoms with Crippen molar-refractivity contribution in [2.45, 2.75) is 37.8 Å². The van der Waals surface area contributed by atoms with Gasteiger partial charge in [0.1, 0.15) is 10.9 Å². The maximum atomic E-state index is 12.2. The number of carbonyl (C=O) groups is 2. The molecular formula is C13H18N4O3S. The minimum Gasteiger partial charge on any atom is -0.480 e. The van der Waals surface area contributed by atoms with Gasteiger partial charge in [-0.3, -0.25) is 14.5 Å². The van der Waals surface area contributed by atoms with Crippen molar-refractivity contribution in [3.05, 3.63) is 11.1 Å². The standard InChI is InChI=1S/C13H18N4O3S/c18-12(11-8-14-15-21-11)16-6-3-9(4-7-16)17-5-1-2-10(17)13(19)20/h8-10H,1-7H2,(H,19,20). The third kappa shape index (κ3) is 2.91. The van der Waals surface area contributed by atoms with Crippen LogP contribution in [0.15, 0.2) is 6.20 Å². The van der Waals surface area contributed by atoms with Crippen LogP contribution in [0.4, 0.5) is 0 Å². The molecule has 0 saturated carbocycles. The lowest BCUT2D eigenvalue weighted by atomic mass is 10.0. The van der Waals surface area contributed by atoms with Gasteiger partial charge in [0.15, 0.2) is 0 Å². The van der Waals surface area contributed by atoms with Gasteiger partial charge in [-0.15, -0.1) is 5.10 Å². The average Bonchev–Trinajstić information content (AvgIpc) is 3.18. The van der Waals surface area contributed by atoms with Gasteiger partial charge in [-0.1, -0.05) is 4.49 Å². The third-order valence-electron chi connectivity index (χ3n) is 4.37. The Labute approximate surface area is 126 Å². The Kier molecular flexibility index (Phi) is 4.16. The van der Waals surface area contributed by atoms with E-state index in [-0.39, 0.29) is 18.0 Å². The zero-order valence-electron chi connectivity index (χ0n) is 11.6. The number of nitrogens with zero attached hydrogens (tertiary/aromatic N) is 4. The zero-order chi connectivity index (χ0) is 14.8. The summed E-state index contributed by atoms with van der Waals surface area (Å²) in [6, 6.07) is -0.0693. The predicted octanol–water partition coefficient (Wildman–Crippen LogP) is 0.692. The number of hydrogen-bond donors (Lipinski definition) is 1. The van der Waals surface area contributed by atoms with Gasteiger partial charge in [0.05, 0.1) is 6.20 Å². The number of carboxylic acid groups (broad SMARTS) is 1. The van der Waals surface area contributed by atoms with E-state index in [0.717, 1.165) is 43.8 Å². The summed E-state index contributed by atoms with van der Waals surface area (Å²) in [5.74, 6) is -0.735. The van der Waals surface area contributed by atoms with E-state index in [9.17, 15) is 14.7 Å². The van der Waals surface area contributed by atoms with Crippen LogP contribution < -0.4 is 0 Å². The summed E-state index contributed by atoms with van der Waals surface area (Å²) in [4.78, 5) is 28.0. The molecular weight excluding hydrogens is 292 g/mol. The van der Waals surface area contributed by atoms with Crippen LogP contribution in [0, 0.1) is 0 Å². The molecule has 21 heavy (non-hydrogen) atoms. The van der Waals surface area contributed by atoms with Crippen LogP contribution in [0.5, 0.6) is 0 Å². The number of carboxylic acids is 1. The second-order valence-electron chi connectivity index (χ2n) is 5.54. The van der Waals surface area contributed by atoms with Crippen molar-refractivity contribution in [3.8, 4) is 0 Å². The molecule has 0 aliphatic carbocycles. The number of rotatable bonds is 3. The van der Waals surface area contributed by atoms with Crippen molar-refractivity contribution in [3.63, 3.8) is 0 Å². The van der Waals surface area contributed by atoms with Gasteiger partial charge in [0.25, 0.3) is 5.91 Å². The first-order valence-corrected chi connectivity index (χ1v) is 7.99. The zero-order valence-corrected chi connectivity index (χ0v) is 12.5. The fourth-order valence-corrected chi connectivity index (χ4v) is 3.79.